The van der Waals surface area contributed by atoms with Crippen LogP contribution in [0.1, 0.15) is 0 Å². The largest absolute Gasteiger partial charge is 0.724 e. The molecule has 1 heterocycles. The number of rotatable bonds is 6. The molecule has 92 valence electrons. The highest BCUT2D eigenvalue weighted by atomic mass is 31.1. The number of aliphatic imine (C=N–C) groups is 1. The Morgan fingerprint density at radius 2 is 2.44 bits per heavy atom. The lowest BCUT2D eigenvalue weighted by molar-refractivity contribution is -0.0345. The van der Waals surface area contributed by atoms with Gasteiger partial charge in [-0.1, -0.05) is 4.52 Å². The van der Waals surface area contributed by atoms with Crippen molar-refractivity contribution in [1.82, 2.24) is 9.96 Å². The molecule has 0 saturated carbocycles. The fraction of sp³-hybridized carbons (Fsp3) is 0.857. The lowest BCUT2D eigenvalue weighted by atomic mass is 10.3. The Balaban J connectivity index is 2.52. The number of guanidine groups is 1. The lowest BCUT2D eigenvalue weighted by Gasteiger charge is -2.21. The van der Waals surface area contributed by atoms with Gasteiger partial charge in [0.2, 0.25) is 12.8 Å². The van der Waals surface area contributed by atoms with E-state index in [1.807, 2.05) is 19.0 Å². The fourth-order valence-electron chi connectivity index (χ4n) is 1.33. The molecule has 0 radical (unpaired) electrons. The van der Waals surface area contributed by atoms with Gasteiger partial charge in [-0.05, 0) is 14.1 Å². The quantitative estimate of drug-likeness (QED) is 0.466. The van der Waals surface area contributed by atoms with Crippen LogP contribution in [0.4, 0.5) is 0 Å². The minimum atomic E-state index is -2.42. The Bertz CT molecular complexity index is 286. The number of hydrogen-bond acceptors (Lipinski definition) is 8. The van der Waals surface area contributed by atoms with Gasteiger partial charge in [-0.3, -0.25) is 0 Å². The second-order valence-corrected chi connectivity index (χ2v) is 4.37. The van der Waals surface area contributed by atoms with Crippen LogP contribution in [0.2, 0.25) is 0 Å². The standard InChI is InChI=1S/C7H16N4O4P/c1-10(2)4-6-3-9-7(8)11(6)15-16(13)14-5-12/h6,12H,3-5H2,1-2H3,(H2,8,9)/q+1. The molecule has 2 atom stereocenters. The zero-order valence-electron chi connectivity index (χ0n) is 9.24. The zero-order valence-corrected chi connectivity index (χ0v) is 10.1. The average molecular weight is 251 g/mol. The van der Waals surface area contributed by atoms with E-state index in [1.54, 1.807) is 0 Å². The maximum Gasteiger partial charge on any atom is 0.724 e. The smallest absolute Gasteiger partial charge is 0.368 e. The van der Waals surface area contributed by atoms with Crippen LogP contribution in [0.5, 0.6) is 0 Å². The summed E-state index contributed by atoms with van der Waals surface area (Å²) in [5.74, 6) is 0.164. The molecule has 3 N–H and O–H groups in total. The Morgan fingerprint density at radius 3 is 3.00 bits per heavy atom. The lowest BCUT2D eigenvalue weighted by Crippen LogP contribution is -2.44. The van der Waals surface area contributed by atoms with E-state index in [4.69, 9.17) is 15.5 Å². The van der Waals surface area contributed by atoms with Crippen LogP contribution >= 0.6 is 8.25 Å². The molecule has 2 unspecified atom stereocenters. The van der Waals surface area contributed by atoms with Crippen LogP contribution in [-0.4, -0.2) is 61.0 Å². The Labute approximate surface area is 94.5 Å². The van der Waals surface area contributed by atoms with Crippen molar-refractivity contribution in [2.45, 2.75) is 6.04 Å². The number of nitrogens with zero attached hydrogens (tertiary/aromatic N) is 3. The third-order valence-corrected chi connectivity index (χ3v) is 2.55. The fourth-order valence-corrected chi connectivity index (χ4v) is 1.84. The van der Waals surface area contributed by atoms with Gasteiger partial charge in [0.15, 0.2) is 0 Å². The second-order valence-electron chi connectivity index (χ2n) is 3.50. The molecule has 0 aromatic rings. The topological polar surface area (TPSA) is 101 Å². The number of hydroxylamine groups is 2. The van der Waals surface area contributed by atoms with Crippen LogP contribution in [-0.2, 0) is 13.7 Å². The minimum Gasteiger partial charge on any atom is -0.368 e. The first kappa shape index (κ1) is 13.3. The maximum atomic E-state index is 11.2. The molecular weight excluding hydrogens is 235 g/mol. The Morgan fingerprint density at radius 1 is 1.75 bits per heavy atom. The van der Waals surface area contributed by atoms with Gasteiger partial charge in [0.25, 0.3) is 0 Å². The third kappa shape index (κ3) is 3.66. The number of aliphatic hydroxyl groups excluding tert-OH is 1. The highest BCUT2D eigenvalue weighted by molar-refractivity contribution is 7.33. The molecule has 1 rings (SSSR count). The van der Waals surface area contributed by atoms with E-state index in [9.17, 15) is 4.57 Å². The summed E-state index contributed by atoms with van der Waals surface area (Å²) in [6, 6.07) is -0.101. The molecule has 0 fully saturated rings. The van der Waals surface area contributed by atoms with Crippen molar-refractivity contribution in [1.29, 1.82) is 0 Å². The molecule has 0 amide bonds. The van der Waals surface area contributed by atoms with E-state index in [1.165, 1.54) is 5.06 Å². The van der Waals surface area contributed by atoms with Crippen molar-refractivity contribution in [3.63, 3.8) is 0 Å². The third-order valence-electron chi connectivity index (χ3n) is 1.92. The number of aliphatic hydroxyl groups is 1. The molecular formula is C7H16N4O4P+. The summed E-state index contributed by atoms with van der Waals surface area (Å²) in [5.41, 5.74) is 5.58. The second kappa shape index (κ2) is 6.07. The first-order chi connectivity index (χ1) is 7.54. The average Bonchev–Trinajstić information content (AvgIpc) is 2.49. The van der Waals surface area contributed by atoms with Gasteiger partial charge >= 0.3 is 8.25 Å². The van der Waals surface area contributed by atoms with Gasteiger partial charge in [0.05, 0.1) is 12.6 Å². The number of nitrogens with two attached hydrogens (primary N) is 1. The monoisotopic (exact) mass is 251 g/mol. The zero-order chi connectivity index (χ0) is 12.1. The SMILES string of the molecule is CN(C)CC1CN=C(N)N1O[P+](=O)OCO. The molecule has 0 bridgehead atoms. The molecule has 0 aromatic carbocycles. The van der Waals surface area contributed by atoms with Crippen LogP contribution < -0.4 is 5.73 Å². The molecule has 16 heavy (non-hydrogen) atoms. The summed E-state index contributed by atoms with van der Waals surface area (Å²) in [7, 11) is 1.38. The number of hydrogen-bond donors (Lipinski definition) is 2. The Kier molecular flexibility index (Phi) is 5.04. The van der Waals surface area contributed by atoms with Gasteiger partial charge in [0.1, 0.15) is 0 Å². The van der Waals surface area contributed by atoms with E-state index in [0.717, 1.165) is 0 Å². The van der Waals surface area contributed by atoms with Crippen LogP contribution in [0.3, 0.4) is 0 Å². The first-order valence-electron chi connectivity index (χ1n) is 4.67. The molecule has 9 heteroatoms. The molecule has 1 aliphatic rings. The molecule has 0 aromatic heterocycles. The van der Waals surface area contributed by atoms with Gasteiger partial charge in [0, 0.05) is 15.7 Å². The van der Waals surface area contributed by atoms with Crippen molar-refractivity contribution >= 4 is 14.2 Å². The van der Waals surface area contributed by atoms with Crippen molar-refractivity contribution in [2.24, 2.45) is 10.7 Å². The van der Waals surface area contributed by atoms with Crippen LogP contribution in [0.25, 0.3) is 0 Å². The van der Waals surface area contributed by atoms with Gasteiger partial charge in [-0.2, -0.15) is 5.06 Å². The van der Waals surface area contributed by atoms with E-state index in [2.05, 4.69) is 9.52 Å². The Hall–Kier alpha value is -0.790. The molecule has 0 saturated heterocycles. The predicted molar refractivity (Wildman–Crippen MR) is 57.5 cm³/mol. The maximum absolute atomic E-state index is 11.2. The number of likely N-dealkylation sites (N-methyl/N-ethyl adjacent to an activating group) is 1. The van der Waals surface area contributed by atoms with Gasteiger partial charge in [-0.25, -0.2) is 4.99 Å². The van der Waals surface area contributed by atoms with E-state index in [-0.39, 0.29) is 12.0 Å². The van der Waals surface area contributed by atoms with E-state index < -0.39 is 15.0 Å². The van der Waals surface area contributed by atoms with Crippen molar-refractivity contribution in [2.75, 3.05) is 34.0 Å². The highest BCUT2D eigenvalue weighted by Crippen LogP contribution is 2.27. The van der Waals surface area contributed by atoms with Crippen molar-refractivity contribution < 1.29 is 18.8 Å². The first-order valence-corrected chi connectivity index (χ1v) is 5.77. The highest BCUT2D eigenvalue weighted by Gasteiger charge is 2.36. The van der Waals surface area contributed by atoms with E-state index >= 15 is 0 Å². The van der Waals surface area contributed by atoms with Crippen LogP contribution in [0, 0.1) is 0 Å². The predicted octanol–water partition coefficient (Wildman–Crippen LogP) is -0.898. The normalized spacial score (nSPS) is 21.5. The molecule has 1 aliphatic heterocycles. The summed E-state index contributed by atoms with van der Waals surface area (Å²) in [6.45, 7) is 0.469. The summed E-state index contributed by atoms with van der Waals surface area (Å²) >= 11 is 0. The van der Waals surface area contributed by atoms with Crippen LogP contribution in [0.15, 0.2) is 4.99 Å². The van der Waals surface area contributed by atoms with E-state index in [0.29, 0.717) is 13.1 Å². The van der Waals surface area contributed by atoms with Gasteiger partial charge < -0.3 is 15.7 Å². The molecule has 0 spiro atoms. The molecule has 8 nitrogen and oxygen atoms in total. The summed E-state index contributed by atoms with van der Waals surface area (Å²) in [5, 5.41) is 9.67. The summed E-state index contributed by atoms with van der Waals surface area (Å²) in [4.78, 5) is 5.93. The molecule has 0 aliphatic carbocycles. The summed E-state index contributed by atoms with van der Waals surface area (Å²) in [6.07, 6.45) is 0. The van der Waals surface area contributed by atoms with Crippen molar-refractivity contribution in [3.8, 4) is 0 Å². The van der Waals surface area contributed by atoms with Crippen molar-refractivity contribution in [3.05, 3.63) is 0 Å². The van der Waals surface area contributed by atoms with Gasteiger partial charge in [-0.15, -0.1) is 0 Å². The summed E-state index contributed by atoms with van der Waals surface area (Å²) < 4.78 is 20.5. The minimum absolute atomic E-state index is 0.101.